The van der Waals surface area contributed by atoms with Gasteiger partial charge < -0.3 is 5.32 Å². The number of hydrogen-bond donors (Lipinski definition) is 1. The molecule has 0 fully saturated rings. The first-order chi connectivity index (χ1) is 8.74. The molecule has 0 radical (unpaired) electrons. The highest BCUT2D eigenvalue weighted by Gasteiger charge is 2.06. The van der Waals surface area contributed by atoms with Crippen LogP contribution in [0.3, 0.4) is 0 Å². The van der Waals surface area contributed by atoms with Crippen LogP contribution in [-0.2, 0) is 0 Å². The zero-order valence-corrected chi connectivity index (χ0v) is 11.0. The van der Waals surface area contributed by atoms with E-state index < -0.39 is 0 Å². The monoisotopic (exact) mass is 244 g/mol. The van der Waals surface area contributed by atoms with Crippen LogP contribution in [0, 0.1) is 0 Å². The number of aromatic nitrogens is 1. The van der Waals surface area contributed by atoms with Crippen molar-refractivity contribution in [3.63, 3.8) is 0 Å². The Bertz CT molecular complexity index is 410. The second-order valence-corrected chi connectivity index (χ2v) is 4.11. The number of nitrogens with zero attached hydrogens (tertiary/aromatic N) is 1. The normalized spacial score (nSPS) is 13.0. The van der Waals surface area contributed by atoms with Crippen molar-refractivity contribution in [2.45, 2.75) is 32.7 Å². The average Bonchev–Trinajstić information content (AvgIpc) is 2.39. The van der Waals surface area contributed by atoms with Crippen molar-refractivity contribution in [2.24, 2.45) is 0 Å². The van der Waals surface area contributed by atoms with Gasteiger partial charge in [-0.2, -0.15) is 0 Å². The van der Waals surface area contributed by atoms with Gasteiger partial charge in [0.15, 0.2) is 0 Å². The van der Waals surface area contributed by atoms with Crippen molar-refractivity contribution in [1.82, 2.24) is 10.3 Å². The van der Waals surface area contributed by atoms with Crippen molar-refractivity contribution in [3.05, 3.63) is 54.4 Å². The summed E-state index contributed by atoms with van der Waals surface area (Å²) in [6.45, 7) is 4.09. The molecule has 1 aromatic rings. The second-order valence-electron chi connectivity index (χ2n) is 4.11. The number of hydrogen-bond acceptors (Lipinski definition) is 2. The fraction of sp³-hybridized carbons (Fsp3) is 0.333. The largest absolute Gasteiger partial charge is 0.346 e. The molecule has 0 spiro atoms. The van der Waals surface area contributed by atoms with Crippen molar-refractivity contribution < 1.29 is 4.79 Å². The number of rotatable bonds is 6. The molecule has 1 atom stereocenters. The van der Waals surface area contributed by atoms with Crippen LogP contribution in [0.25, 0.3) is 0 Å². The average molecular weight is 244 g/mol. The first-order valence-corrected chi connectivity index (χ1v) is 6.28. The molecule has 0 bridgehead atoms. The molecule has 0 saturated carbocycles. The maximum absolute atomic E-state index is 11.8. The molecule has 0 aromatic carbocycles. The maximum atomic E-state index is 11.8. The van der Waals surface area contributed by atoms with E-state index in [2.05, 4.69) is 23.3 Å². The van der Waals surface area contributed by atoms with Crippen LogP contribution >= 0.6 is 0 Å². The van der Waals surface area contributed by atoms with Crippen LogP contribution in [0.4, 0.5) is 0 Å². The Morgan fingerprint density at radius 1 is 1.50 bits per heavy atom. The van der Waals surface area contributed by atoms with Crippen molar-refractivity contribution in [2.75, 3.05) is 0 Å². The van der Waals surface area contributed by atoms with Crippen LogP contribution in [0.2, 0.25) is 0 Å². The Kier molecular flexibility index (Phi) is 6.47. The maximum Gasteiger partial charge on any atom is 0.253 e. The van der Waals surface area contributed by atoms with Gasteiger partial charge in [-0.25, -0.2) is 0 Å². The minimum absolute atomic E-state index is 0.00369. The third-order valence-corrected chi connectivity index (χ3v) is 2.38. The minimum Gasteiger partial charge on any atom is -0.346 e. The summed E-state index contributed by atoms with van der Waals surface area (Å²) in [6.07, 6.45) is 13.5. The summed E-state index contributed by atoms with van der Waals surface area (Å²) >= 11 is 0. The molecule has 1 amide bonds. The lowest BCUT2D eigenvalue weighted by molar-refractivity contribution is 0.0946. The highest BCUT2D eigenvalue weighted by Crippen LogP contribution is 1.97. The van der Waals surface area contributed by atoms with E-state index in [-0.39, 0.29) is 11.9 Å². The molecule has 1 heterocycles. The van der Waals surface area contributed by atoms with Crippen LogP contribution in [0.15, 0.2) is 48.8 Å². The Morgan fingerprint density at radius 2 is 2.33 bits per heavy atom. The summed E-state index contributed by atoms with van der Waals surface area (Å²) in [5, 5.41) is 2.89. The van der Waals surface area contributed by atoms with Gasteiger partial charge >= 0.3 is 0 Å². The van der Waals surface area contributed by atoms with Gasteiger partial charge in [-0.05, 0) is 25.5 Å². The molecule has 3 nitrogen and oxygen atoms in total. The quantitative estimate of drug-likeness (QED) is 0.781. The van der Waals surface area contributed by atoms with Gasteiger partial charge in [-0.15, -0.1) is 0 Å². The van der Waals surface area contributed by atoms with Crippen molar-refractivity contribution in [3.8, 4) is 0 Å². The van der Waals surface area contributed by atoms with Gasteiger partial charge in [-0.1, -0.05) is 37.6 Å². The summed E-state index contributed by atoms with van der Waals surface area (Å²) in [4.78, 5) is 15.7. The summed E-state index contributed by atoms with van der Waals surface area (Å²) in [5.41, 5.74) is 0.583. The number of unbranched alkanes of at least 4 members (excludes halogenated alkanes) is 1. The van der Waals surface area contributed by atoms with Gasteiger partial charge in [0, 0.05) is 18.4 Å². The summed E-state index contributed by atoms with van der Waals surface area (Å²) in [7, 11) is 0. The molecule has 1 unspecified atom stereocenters. The van der Waals surface area contributed by atoms with E-state index >= 15 is 0 Å². The Morgan fingerprint density at radius 3 is 3.00 bits per heavy atom. The Hall–Kier alpha value is -1.90. The number of nitrogens with one attached hydrogen (secondary N) is 1. The SMILES string of the molecule is CCCC=CC=CC(C)NC(=O)c1cccnc1. The molecule has 1 N–H and O–H groups in total. The van der Waals surface area contributed by atoms with Gasteiger partial charge in [0.1, 0.15) is 0 Å². The molecule has 3 heteroatoms. The smallest absolute Gasteiger partial charge is 0.253 e. The van der Waals surface area contributed by atoms with Gasteiger partial charge in [0.05, 0.1) is 5.56 Å². The molecule has 0 aliphatic carbocycles. The third-order valence-electron chi connectivity index (χ3n) is 2.38. The fourth-order valence-electron chi connectivity index (χ4n) is 1.41. The lowest BCUT2D eigenvalue weighted by atomic mass is 10.2. The highest BCUT2D eigenvalue weighted by molar-refractivity contribution is 5.94. The lowest BCUT2D eigenvalue weighted by Gasteiger charge is -2.08. The van der Waals surface area contributed by atoms with Gasteiger partial charge in [0.2, 0.25) is 0 Å². The zero-order valence-electron chi connectivity index (χ0n) is 11.0. The minimum atomic E-state index is -0.0993. The molecule has 0 saturated heterocycles. The Balaban J connectivity index is 2.40. The molecule has 1 aromatic heterocycles. The van der Waals surface area contributed by atoms with Crippen molar-refractivity contribution in [1.29, 1.82) is 0 Å². The first kappa shape index (κ1) is 14.2. The summed E-state index contributed by atoms with van der Waals surface area (Å²) in [5.74, 6) is -0.0993. The fourth-order valence-corrected chi connectivity index (χ4v) is 1.41. The zero-order chi connectivity index (χ0) is 13.2. The third kappa shape index (κ3) is 5.43. The predicted octanol–water partition coefficient (Wildman–Crippen LogP) is 3.11. The molecule has 0 aliphatic rings. The van der Waals surface area contributed by atoms with E-state index in [0.29, 0.717) is 5.56 Å². The van der Waals surface area contributed by atoms with E-state index in [1.54, 1.807) is 24.5 Å². The molecule has 18 heavy (non-hydrogen) atoms. The number of carbonyl (C=O) groups is 1. The molecular formula is C15H20N2O. The van der Waals surface area contributed by atoms with Crippen molar-refractivity contribution >= 4 is 5.91 Å². The second kappa shape index (κ2) is 8.23. The molecule has 1 rings (SSSR count). The van der Waals surface area contributed by atoms with Gasteiger partial charge in [0.25, 0.3) is 5.91 Å². The topological polar surface area (TPSA) is 42.0 Å². The Labute approximate surface area is 109 Å². The van der Waals surface area contributed by atoms with Crippen LogP contribution < -0.4 is 5.32 Å². The highest BCUT2D eigenvalue weighted by atomic mass is 16.1. The van der Waals surface area contributed by atoms with E-state index in [0.717, 1.165) is 12.8 Å². The summed E-state index contributed by atoms with van der Waals surface area (Å²) < 4.78 is 0. The van der Waals surface area contributed by atoms with E-state index in [4.69, 9.17) is 0 Å². The summed E-state index contributed by atoms with van der Waals surface area (Å²) in [6, 6.07) is 3.51. The van der Waals surface area contributed by atoms with E-state index in [1.807, 2.05) is 25.2 Å². The number of amides is 1. The van der Waals surface area contributed by atoms with E-state index in [9.17, 15) is 4.79 Å². The number of allylic oxidation sites excluding steroid dienone is 3. The molecular weight excluding hydrogens is 224 g/mol. The number of carbonyl (C=O) groups excluding carboxylic acids is 1. The predicted molar refractivity (Wildman–Crippen MR) is 74.4 cm³/mol. The van der Waals surface area contributed by atoms with Crippen LogP contribution in [-0.4, -0.2) is 16.9 Å². The van der Waals surface area contributed by atoms with Crippen LogP contribution in [0.1, 0.15) is 37.0 Å². The standard InChI is InChI=1S/C15H20N2O/c1-3-4-5-6-7-9-13(2)17-15(18)14-10-8-11-16-12-14/h5-13H,3-4H2,1-2H3,(H,17,18). The molecule has 0 aliphatic heterocycles. The molecule has 96 valence electrons. The lowest BCUT2D eigenvalue weighted by Crippen LogP contribution is -2.31. The first-order valence-electron chi connectivity index (χ1n) is 6.28. The number of pyridine rings is 1. The van der Waals surface area contributed by atoms with Gasteiger partial charge in [-0.3, -0.25) is 9.78 Å². The van der Waals surface area contributed by atoms with Crippen LogP contribution in [0.5, 0.6) is 0 Å². The van der Waals surface area contributed by atoms with E-state index in [1.165, 1.54) is 0 Å².